The third kappa shape index (κ3) is 3.06. The summed E-state index contributed by atoms with van der Waals surface area (Å²) in [6.45, 7) is 8.65. The van der Waals surface area contributed by atoms with Gasteiger partial charge in [-0.25, -0.2) is 4.98 Å². The molecular formula is C11H17ClN2O. The lowest BCUT2D eigenvalue weighted by atomic mass is 10.2. The summed E-state index contributed by atoms with van der Waals surface area (Å²) in [5.74, 6) is 1.60. The van der Waals surface area contributed by atoms with E-state index in [9.17, 15) is 0 Å². The highest BCUT2D eigenvalue weighted by atomic mass is 35.5. The van der Waals surface area contributed by atoms with Crippen LogP contribution in [0.25, 0.3) is 0 Å². The highest BCUT2D eigenvalue weighted by molar-refractivity contribution is 6.30. The van der Waals surface area contributed by atoms with Crippen LogP contribution in [0.3, 0.4) is 0 Å². The topological polar surface area (TPSA) is 35.0 Å². The molecule has 0 fully saturated rings. The van der Waals surface area contributed by atoms with E-state index in [2.05, 4.69) is 16.9 Å². The van der Waals surface area contributed by atoms with Gasteiger partial charge in [-0.3, -0.25) is 0 Å². The first-order valence-electron chi connectivity index (χ1n) is 5.23. The molecule has 0 saturated carbocycles. The van der Waals surface area contributed by atoms with Gasteiger partial charge in [0.05, 0.1) is 6.61 Å². The van der Waals surface area contributed by atoms with Crippen molar-refractivity contribution in [1.82, 2.24) is 9.97 Å². The van der Waals surface area contributed by atoms with Gasteiger partial charge in [-0.2, -0.15) is 4.98 Å². The molecule has 0 bridgehead atoms. The molecule has 0 aliphatic heterocycles. The summed E-state index contributed by atoms with van der Waals surface area (Å²) in [6, 6.07) is 0. The molecule has 0 amide bonds. The first-order valence-corrected chi connectivity index (χ1v) is 5.60. The summed E-state index contributed by atoms with van der Waals surface area (Å²) in [5.41, 5.74) is 0.814. The molecule has 15 heavy (non-hydrogen) atoms. The number of rotatable bonds is 4. The molecule has 0 aliphatic rings. The van der Waals surface area contributed by atoms with Gasteiger partial charge >= 0.3 is 0 Å². The zero-order valence-electron chi connectivity index (χ0n) is 9.67. The molecule has 3 nitrogen and oxygen atoms in total. The van der Waals surface area contributed by atoms with Crippen LogP contribution in [0.1, 0.15) is 44.5 Å². The molecule has 1 rings (SSSR count). The molecular weight excluding hydrogens is 212 g/mol. The van der Waals surface area contributed by atoms with Gasteiger partial charge in [0.25, 0.3) is 0 Å². The van der Waals surface area contributed by atoms with Crippen LogP contribution in [-0.4, -0.2) is 16.6 Å². The number of aromatic nitrogens is 2. The third-order valence-electron chi connectivity index (χ3n) is 2.02. The van der Waals surface area contributed by atoms with E-state index in [0.717, 1.165) is 17.8 Å². The minimum absolute atomic E-state index is 0.257. The summed E-state index contributed by atoms with van der Waals surface area (Å²) in [5, 5.41) is 0.486. The average Bonchev–Trinajstić information content (AvgIpc) is 2.19. The SMILES string of the molecule is CCCOc1nc(C(C)C)nc(Cl)c1C. The fourth-order valence-corrected chi connectivity index (χ4v) is 1.25. The summed E-state index contributed by atoms with van der Waals surface area (Å²) in [4.78, 5) is 8.57. The maximum atomic E-state index is 6.01. The van der Waals surface area contributed by atoms with Crippen molar-refractivity contribution in [1.29, 1.82) is 0 Å². The predicted molar refractivity (Wildman–Crippen MR) is 61.7 cm³/mol. The Morgan fingerprint density at radius 3 is 2.53 bits per heavy atom. The largest absolute Gasteiger partial charge is 0.477 e. The van der Waals surface area contributed by atoms with Crippen LogP contribution >= 0.6 is 11.6 Å². The Morgan fingerprint density at radius 2 is 2.00 bits per heavy atom. The van der Waals surface area contributed by atoms with Gasteiger partial charge in [-0.15, -0.1) is 0 Å². The van der Waals surface area contributed by atoms with Gasteiger partial charge in [-0.1, -0.05) is 32.4 Å². The van der Waals surface area contributed by atoms with E-state index in [-0.39, 0.29) is 5.92 Å². The smallest absolute Gasteiger partial charge is 0.221 e. The molecule has 84 valence electrons. The second kappa shape index (κ2) is 5.31. The second-order valence-electron chi connectivity index (χ2n) is 3.81. The van der Waals surface area contributed by atoms with Crippen molar-refractivity contribution >= 4 is 11.6 Å². The van der Waals surface area contributed by atoms with Crippen molar-refractivity contribution in [3.63, 3.8) is 0 Å². The lowest BCUT2D eigenvalue weighted by molar-refractivity contribution is 0.300. The molecule has 0 N–H and O–H groups in total. The summed E-state index contributed by atoms with van der Waals surface area (Å²) in [7, 11) is 0. The van der Waals surface area contributed by atoms with Crippen LogP contribution in [0.15, 0.2) is 0 Å². The van der Waals surface area contributed by atoms with E-state index >= 15 is 0 Å². The Labute approximate surface area is 95.8 Å². The van der Waals surface area contributed by atoms with Crippen LogP contribution in [0.4, 0.5) is 0 Å². The Hall–Kier alpha value is -0.830. The van der Waals surface area contributed by atoms with Crippen molar-refractivity contribution in [3.05, 3.63) is 16.5 Å². The van der Waals surface area contributed by atoms with Gasteiger partial charge in [-0.05, 0) is 13.3 Å². The molecule has 0 aliphatic carbocycles. The highest BCUT2D eigenvalue weighted by Gasteiger charge is 2.12. The van der Waals surface area contributed by atoms with E-state index in [1.807, 2.05) is 20.8 Å². The molecule has 0 saturated heterocycles. The van der Waals surface area contributed by atoms with Gasteiger partial charge in [0.15, 0.2) is 0 Å². The Kier molecular flexibility index (Phi) is 4.33. The number of ether oxygens (including phenoxy) is 1. The third-order valence-corrected chi connectivity index (χ3v) is 2.39. The van der Waals surface area contributed by atoms with Gasteiger partial charge in [0.2, 0.25) is 5.88 Å². The highest BCUT2D eigenvalue weighted by Crippen LogP contribution is 2.24. The maximum absolute atomic E-state index is 6.01. The van der Waals surface area contributed by atoms with Gasteiger partial charge in [0, 0.05) is 11.5 Å². The van der Waals surface area contributed by atoms with E-state index in [1.165, 1.54) is 0 Å². The first kappa shape index (κ1) is 12.2. The predicted octanol–water partition coefficient (Wildman–Crippen LogP) is 3.35. The second-order valence-corrected chi connectivity index (χ2v) is 4.16. The number of halogens is 1. The first-order chi connectivity index (χ1) is 7.06. The Bertz CT molecular complexity index is 340. The van der Waals surface area contributed by atoms with Crippen LogP contribution in [0.5, 0.6) is 5.88 Å². The maximum Gasteiger partial charge on any atom is 0.221 e. The normalized spacial score (nSPS) is 10.8. The van der Waals surface area contributed by atoms with Crippen molar-refractivity contribution in [3.8, 4) is 5.88 Å². The standard InChI is InChI=1S/C11H17ClN2O/c1-5-6-15-11-8(4)9(12)13-10(14-11)7(2)3/h7H,5-6H2,1-4H3. The van der Waals surface area contributed by atoms with Crippen molar-refractivity contribution in [2.45, 2.75) is 40.0 Å². The summed E-state index contributed by atoms with van der Waals surface area (Å²) >= 11 is 6.01. The van der Waals surface area contributed by atoms with Crippen LogP contribution < -0.4 is 4.74 Å². The van der Waals surface area contributed by atoms with Crippen LogP contribution in [0, 0.1) is 6.92 Å². The molecule has 0 aromatic carbocycles. The monoisotopic (exact) mass is 228 g/mol. The fraction of sp³-hybridized carbons (Fsp3) is 0.636. The lowest BCUT2D eigenvalue weighted by Gasteiger charge is -2.11. The van der Waals surface area contributed by atoms with E-state index in [1.54, 1.807) is 0 Å². The van der Waals surface area contributed by atoms with Crippen molar-refractivity contribution < 1.29 is 4.74 Å². The minimum atomic E-state index is 0.257. The van der Waals surface area contributed by atoms with Gasteiger partial charge < -0.3 is 4.74 Å². The lowest BCUT2D eigenvalue weighted by Crippen LogP contribution is -2.05. The zero-order chi connectivity index (χ0) is 11.4. The molecule has 0 atom stereocenters. The molecule has 1 aromatic rings. The Morgan fingerprint density at radius 1 is 1.33 bits per heavy atom. The molecule has 4 heteroatoms. The van der Waals surface area contributed by atoms with Crippen LogP contribution in [0.2, 0.25) is 5.15 Å². The molecule has 0 unspecified atom stereocenters. The zero-order valence-corrected chi connectivity index (χ0v) is 10.4. The Balaban J connectivity index is 3.02. The molecule has 0 radical (unpaired) electrons. The van der Waals surface area contributed by atoms with Gasteiger partial charge in [0.1, 0.15) is 11.0 Å². The number of hydrogen-bond donors (Lipinski definition) is 0. The fourth-order valence-electron chi connectivity index (χ4n) is 1.08. The number of nitrogens with zero attached hydrogens (tertiary/aromatic N) is 2. The van der Waals surface area contributed by atoms with E-state index in [0.29, 0.717) is 17.6 Å². The molecule has 1 heterocycles. The van der Waals surface area contributed by atoms with E-state index < -0.39 is 0 Å². The quantitative estimate of drug-likeness (QED) is 0.742. The minimum Gasteiger partial charge on any atom is -0.477 e. The van der Waals surface area contributed by atoms with Crippen molar-refractivity contribution in [2.75, 3.05) is 6.61 Å². The van der Waals surface area contributed by atoms with Crippen LogP contribution in [-0.2, 0) is 0 Å². The number of hydrogen-bond acceptors (Lipinski definition) is 3. The summed E-state index contributed by atoms with van der Waals surface area (Å²) in [6.07, 6.45) is 0.956. The van der Waals surface area contributed by atoms with E-state index in [4.69, 9.17) is 16.3 Å². The molecule has 1 aromatic heterocycles. The average molecular weight is 229 g/mol. The molecule has 0 spiro atoms. The van der Waals surface area contributed by atoms with Crippen molar-refractivity contribution in [2.24, 2.45) is 0 Å². The summed E-state index contributed by atoms with van der Waals surface area (Å²) < 4.78 is 5.52.